The van der Waals surface area contributed by atoms with Crippen LogP contribution in [0.25, 0.3) is 56.0 Å². The Morgan fingerprint density at radius 3 is 1.55 bits per heavy atom. The molecule has 0 radical (unpaired) electrons. The number of benzene rings is 2. The zero-order valence-corrected chi connectivity index (χ0v) is 50.2. The average Bonchev–Trinajstić information content (AvgIpc) is 1.36. The number of nitrogens with zero attached hydrogens (tertiary/aromatic N) is 12. The molecule has 2 fully saturated rings. The Morgan fingerprint density at radius 1 is 0.663 bits per heavy atom. The van der Waals surface area contributed by atoms with Crippen molar-refractivity contribution in [2.45, 2.75) is 65.5 Å². The van der Waals surface area contributed by atoms with Gasteiger partial charge in [-0.25, -0.2) is 37.5 Å². The normalized spacial score (nSPS) is 16.2. The SMILES string of the molecule is C=CC(=O)N1CCN2c3nc(=O)n(-c4c(C)ccnc4C(C)C)c4nc(-c5c(O)c(Cl)cc(Cl)c5F)c(Cl)c(c34)OC[C@@H]2C1.C=CC(=O)N1CCN2c3nc(=O)n(-c4c(C)ccnc4C(C)C)c4nc(-c5c(O)cccc5F)c(Cl)c(c34)OC[C@@H]2C1. The largest absolute Gasteiger partial charge is 0.507 e. The summed E-state index contributed by atoms with van der Waals surface area (Å²) in [5.74, 6) is -2.59. The molecule has 86 heavy (non-hydrogen) atoms. The van der Waals surface area contributed by atoms with Gasteiger partial charge >= 0.3 is 11.4 Å². The summed E-state index contributed by atoms with van der Waals surface area (Å²) in [7, 11) is 0. The van der Waals surface area contributed by atoms with E-state index in [1.165, 1.54) is 39.5 Å². The molecule has 0 spiro atoms. The van der Waals surface area contributed by atoms with Crippen LogP contribution in [0.1, 0.15) is 62.0 Å². The minimum Gasteiger partial charge on any atom is -0.507 e. The predicted molar refractivity (Wildman–Crippen MR) is 324 cm³/mol. The van der Waals surface area contributed by atoms with E-state index in [0.717, 1.165) is 11.6 Å². The number of aromatic hydroxyl groups is 2. The molecule has 2 aromatic carbocycles. The van der Waals surface area contributed by atoms with E-state index < -0.39 is 40.4 Å². The van der Waals surface area contributed by atoms with Gasteiger partial charge in [0, 0.05) is 51.7 Å². The summed E-state index contributed by atoms with van der Waals surface area (Å²) < 4.78 is 46.1. The number of anilines is 2. The monoisotopic (exact) mass is 1250 g/mol. The lowest BCUT2D eigenvalue weighted by atomic mass is 10.0. The number of carbonyl (C=O) groups excluding carboxylic acids is 2. The lowest BCUT2D eigenvalue weighted by Gasteiger charge is -2.40. The van der Waals surface area contributed by atoms with E-state index in [0.29, 0.717) is 77.6 Å². The summed E-state index contributed by atoms with van der Waals surface area (Å²) in [6, 6.07) is 7.72. The van der Waals surface area contributed by atoms with Gasteiger partial charge in [0.05, 0.1) is 56.0 Å². The molecule has 0 saturated carbocycles. The summed E-state index contributed by atoms with van der Waals surface area (Å²) in [4.78, 5) is 87.8. The highest BCUT2D eigenvalue weighted by Gasteiger charge is 2.40. The number of hydrogen-bond donors (Lipinski definition) is 2. The summed E-state index contributed by atoms with van der Waals surface area (Å²) in [6.45, 7) is 20.8. The molecule has 20 nitrogen and oxygen atoms in total. The molecule has 2 amide bonds. The third kappa shape index (κ3) is 9.94. The second-order valence-electron chi connectivity index (χ2n) is 21.5. The van der Waals surface area contributed by atoms with E-state index in [-0.39, 0.29) is 121 Å². The van der Waals surface area contributed by atoms with Crippen LogP contribution in [-0.4, -0.2) is 135 Å². The van der Waals surface area contributed by atoms with Crippen molar-refractivity contribution in [1.82, 2.24) is 48.8 Å². The van der Waals surface area contributed by atoms with Gasteiger partial charge in [-0.2, -0.15) is 9.97 Å². The van der Waals surface area contributed by atoms with Crippen molar-refractivity contribution in [3.63, 3.8) is 0 Å². The van der Waals surface area contributed by atoms with Gasteiger partial charge in [-0.1, -0.05) is 93.3 Å². The Labute approximate surface area is 510 Å². The number of fused-ring (bicyclic) bond motifs is 4. The molecule has 4 aliphatic heterocycles. The first-order chi connectivity index (χ1) is 41.1. The molecule has 2 saturated heterocycles. The first-order valence-corrected chi connectivity index (χ1v) is 28.8. The van der Waals surface area contributed by atoms with Gasteiger partial charge in [0.1, 0.15) is 74.4 Å². The molecule has 26 heteroatoms. The standard InChI is InChI=1S/C30H26Cl3FN6O4.C30H28ClFN6O4/c1-5-18(41)38-8-9-39-15(11-38)12-44-27-20-28(39)37-30(43)40(25-14(4)6-7-35-23(25)13(2)3)29(20)36-24(21(27)33)19-22(34)16(31)10-17(32)26(19)42;1-5-20(40)36-11-12-37-17(13-36)14-42-27-22-28(37)35-30(41)38(26-16(4)9-10-33-24(26)15(2)3)29(22)34-25(23(27)31)21-18(32)7-6-8-19(21)39/h5-7,10,13,15,42H,1,8-9,11-12H2,2-4H3;5-10,15,17,39H,1,11-14H2,2-4H3/t15-;17-/m00/s1. The third-order valence-electron chi connectivity index (χ3n) is 15.6. The second kappa shape index (κ2) is 23.1. The van der Waals surface area contributed by atoms with Crippen molar-refractivity contribution in [3.05, 3.63) is 149 Å². The number of phenolic OH excluding ortho intramolecular Hbond substituents is 2. The average molecular weight is 1250 g/mol. The van der Waals surface area contributed by atoms with E-state index in [9.17, 15) is 29.4 Å². The Kier molecular flexibility index (Phi) is 15.9. The Bertz CT molecular complexity index is 4290. The number of hydrogen-bond acceptors (Lipinski definition) is 16. The summed E-state index contributed by atoms with van der Waals surface area (Å²) >= 11 is 26.1. The molecule has 12 rings (SSSR count). The van der Waals surface area contributed by atoms with Crippen molar-refractivity contribution in [3.8, 4) is 56.9 Å². The molecule has 6 aromatic heterocycles. The van der Waals surface area contributed by atoms with Crippen molar-refractivity contribution >= 4 is 91.9 Å². The first-order valence-electron chi connectivity index (χ1n) is 27.3. The molecule has 2 N–H and O–H groups in total. The van der Waals surface area contributed by atoms with Gasteiger partial charge in [0.15, 0.2) is 28.6 Å². The fourth-order valence-electron chi connectivity index (χ4n) is 11.5. The van der Waals surface area contributed by atoms with Crippen LogP contribution in [-0.2, 0) is 9.59 Å². The van der Waals surface area contributed by atoms with E-state index >= 15 is 8.78 Å². The maximum atomic E-state index is 15.6. The van der Waals surface area contributed by atoms with Crippen LogP contribution in [0, 0.1) is 25.5 Å². The lowest BCUT2D eigenvalue weighted by molar-refractivity contribution is -0.127. The zero-order chi connectivity index (χ0) is 61.5. The maximum Gasteiger partial charge on any atom is 0.355 e. The van der Waals surface area contributed by atoms with Crippen molar-refractivity contribution in [2.24, 2.45) is 0 Å². The number of rotatable bonds is 8. The van der Waals surface area contributed by atoms with E-state index in [4.69, 9.17) is 65.8 Å². The highest BCUT2D eigenvalue weighted by molar-refractivity contribution is 6.38. The van der Waals surface area contributed by atoms with Gasteiger partial charge in [0.25, 0.3) is 0 Å². The Balaban J connectivity index is 0.000000179. The fourth-order valence-corrected chi connectivity index (χ4v) is 12.5. The van der Waals surface area contributed by atoms with Gasteiger partial charge in [-0.3, -0.25) is 19.6 Å². The predicted octanol–water partition coefficient (Wildman–Crippen LogP) is 10.0. The van der Waals surface area contributed by atoms with Crippen LogP contribution in [0.5, 0.6) is 23.0 Å². The van der Waals surface area contributed by atoms with Crippen LogP contribution < -0.4 is 30.7 Å². The Hall–Kier alpha value is -8.44. The lowest BCUT2D eigenvalue weighted by Crippen LogP contribution is -2.56. The van der Waals surface area contributed by atoms with Crippen molar-refractivity contribution in [1.29, 1.82) is 0 Å². The van der Waals surface area contributed by atoms with Gasteiger partial charge in [-0.05, 0) is 79.3 Å². The topological polar surface area (TPSA) is 227 Å². The fraction of sp³-hybridized carbons (Fsp3) is 0.300. The molecule has 0 aliphatic carbocycles. The quantitative estimate of drug-likeness (QED) is 0.107. The van der Waals surface area contributed by atoms with Gasteiger partial charge in [-0.15, -0.1) is 0 Å². The molecule has 0 unspecified atom stereocenters. The van der Waals surface area contributed by atoms with Crippen LogP contribution in [0.3, 0.4) is 0 Å². The van der Waals surface area contributed by atoms with E-state index in [1.807, 2.05) is 51.3 Å². The maximum absolute atomic E-state index is 15.6. The molecule has 10 heterocycles. The Morgan fingerprint density at radius 2 is 1.12 bits per heavy atom. The van der Waals surface area contributed by atoms with Crippen LogP contribution in [0.4, 0.5) is 20.4 Å². The minimum atomic E-state index is -1.01. The summed E-state index contributed by atoms with van der Waals surface area (Å²) in [5, 5.41) is 21.5. The third-order valence-corrected chi connectivity index (χ3v) is 16.9. The number of amides is 2. The van der Waals surface area contributed by atoms with Crippen LogP contribution in [0.15, 0.2) is 83.7 Å². The molecule has 4 aliphatic rings. The molecule has 8 aromatic rings. The number of piperazine rings is 2. The number of pyridine rings is 4. The first kappa shape index (κ1) is 59.3. The second-order valence-corrected chi connectivity index (χ2v) is 23.1. The minimum absolute atomic E-state index is 0.0394. The number of aromatic nitrogens is 8. The molecular formula is C60H54Cl4F2N12O8. The van der Waals surface area contributed by atoms with Crippen molar-refractivity contribution < 1.29 is 38.1 Å². The highest BCUT2D eigenvalue weighted by atomic mass is 35.5. The number of phenols is 2. The van der Waals surface area contributed by atoms with E-state index in [1.54, 1.807) is 34.3 Å². The van der Waals surface area contributed by atoms with Gasteiger partial charge < -0.3 is 39.3 Å². The molecule has 0 bridgehead atoms. The van der Waals surface area contributed by atoms with Gasteiger partial charge in [0.2, 0.25) is 11.8 Å². The number of carbonyl (C=O) groups is 2. The number of aryl methyl sites for hydroxylation is 2. The van der Waals surface area contributed by atoms with Crippen LogP contribution in [0.2, 0.25) is 20.1 Å². The van der Waals surface area contributed by atoms with Crippen molar-refractivity contribution in [2.75, 3.05) is 62.3 Å². The molecular weight excluding hydrogens is 1200 g/mol. The van der Waals surface area contributed by atoms with E-state index in [2.05, 4.69) is 33.1 Å². The number of halogens is 6. The smallest absolute Gasteiger partial charge is 0.355 e. The highest BCUT2D eigenvalue weighted by Crippen LogP contribution is 2.51. The zero-order valence-electron chi connectivity index (χ0n) is 47.1. The molecule has 444 valence electrons. The molecule has 2 atom stereocenters. The summed E-state index contributed by atoms with van der Waals surface area (Å²) in [5.41, 5.74) is 1.56. The number of ether oxygens (including phenoxy) is 2. The summed E-state index contributed by atoms with van der Waals surface area (Å²) in [6.07, 6.45) is 5.83. The van der Waals surface area contributed by atoms with Crippen LogP contribution >= 0.6 is 46.4 Å².